The van der Waals surface area contributed by atoms with Crippen LogP contribution in [-0.4, -0.2) is 27.7 Å². The summed E-state index contributed by atoms with van der Waals surface area (Å²) < 4.78 is 4.74. The van der Waals surface area contributed by atoms with Gasteiger partial charge in [-0.2, -0.15) is 0 Å². The van der Waals surface area contributed by atoms with Gasteiger partial charge in [-0.25, -0.2) is 0 Å². The van der Waals surface area contributed by atoms with Crippen LogP contribution in [0.2, 0.25) is 0 Å². The van der Waals surface area contributed by atoms with Crippen molar-refractivity contribution < 1.29 is 17.9 Å². The summed E-state index contributed by atoms with van der Waals surface area (Å²) in [7, 11) is 15.6. The third-order valence-corrected chi connectivity index (χ3v) is 14.6. The van der Waals surface area contributed by atoms with Crippen LogP contribution in [0, 0.1) is 7.11 Å². The van der Waals surface area contributed by atoms with Crippen LogP contribution in [-0.2, 0) is 17.9 Å². The van der Waals surface area contributed by atoms with Crippen LogP contribution in [0.15, 0.2) is 24.3 Å². The number of para-hydroxylation sites is 1. The number of hydrogen-bond donors (Lipinski definition) is 0. The summed E-state index contributed by atoms with van der Waals surface area (Å²) in [4.78, 5) is 0. The van der Waals surface area contributed by atoms with Gasteiger partial charge in [0.05, 0.1) is 17.0 Å². The predicted molar refractivity (Wildman–Crippen MR) is 153 cm³/mol. The Morgan fingerprint density at radius 2 is 1.21 bits per heavy atom. The second kappa shape index (κ2) is 15.7. The first-order valence-corrected chi connectivity index (χ1v) is 21.0. The summed E-state index contributed by atoms with van der Waals surface area (Å²) >= 11 is -1.79. The van der Waals surface area contributed by atoms with Gasteiger partial charge in [-0.3, -0.25) is 0 Å². The molecule has 0 atom stereocenters. The van der Waals surface area contributed by atoms with E-state index in [0.717, 1.165) is 11.3 Å². The van der Waals surface area contributed by atoms with Crippen molar-refractivity contribution in [2.24, 2.45) is 0 Å². The average molecular weight is 616 g/mol. The average Bonchev–Trinajstić information content (AvgIpc) is 2.86. The van der Waals surface area contributed by atoms with Crippen molar-refractivity contribution in [3.8, 4) is 5.75 Å². The molecule has 0 bridgehead atoms. The van der Waals surface area contributed by atoms with Gasteiger partial charge in [-0.05, 0) is 77.0 Å². The molecule has 34 heavy (non-hydrogen) atoms. The van der Waals surface area contributed by atoms with Crippen molar-refractivity contribution in [2.45, 2.75) is 133 Å². The number of hydrogen-bond acceptors (Lipinski definition) is 0. The Morgan fingerprint density at radius 3 is 1.59 bits per heavy atom. The van der Waals surface area contributed by atoms with E-state index in [1.54, 1.807) is 96.3 Å². The molecule has 1 aromatic rings. The second-order valence-corrected chi connectivity index (χ2v) is 20.0. The molecule has 3 fully saturated rings. The van der Waals surface area contributed by atoms with E-state index in [4.69, 9.17) is 19.4 Å². The fourth-order valence-corrected chi connectivity index (χ4v) is 13.5. The Balaban J connectivity index is 0.000000197. The van der Waals surface area contributed by atoms with Gasteiger partial charge in [0.25, 0.3) is 0 Å². The summed E-state index contributed by atoms with van der Waals surface area (Å²) in [5.41, 5.74) is 4.72. The van der Waals surface area contributed by atoms with Crippen LogP contribution in [0.1, 0.15) is 116 Å². The maximum absolute atomic E-state index is 5.87. The van der Waals surface area contributed by atoms with Crippen LogP contribution in [0.3, 0.4) is 0 Å². The van der Waals surface area contributed by atoms with Crippen LogP contribution in [0.4, 0.5) is 0 Å². The van der Waals surface area contributed by atoms with Gasteiger partial charge < -0.3 is 0 Å². The summed E-state index contributed by atoms with van der Waals surface area (Å²) in [6, 6.07) is 7.93. The molecule has 0 aliphatic heterocycles. The second-order valence-electron chi connectivity index (χ2n) is 10.8. The van der Waals surface area contributed by atoms with Gasteiger partial charge in [-0.1, -0.05) is 19.3 Å². The van der Waals surface area contributed by atoms with Crippen molar-refractivity contribution in [1.82, 2.24) is 0 Å². The normalized spacial score (nSPS) is 21.2. The van der Waals surface area contributed by atoms with Gasteiger partial charge >= 0.3 is 105 Å². The van der Waals surface area contributed by atoms with Crippen molar-refractivity contribution in [3.63, 3.8) is 0 Å². The molecule has 0 amide bonds. The molecule has 196 valence electrons. The van der Waals surface area contributed by atoms with Crippen LogP contribution < -0.4 is 0 Å². The first-order chi connectivity index (χ1) is 16.5. The quantitative estimate of drug-likeness (QED) is 0.130. The monoisotopic (exact) mass is 615 g/mol. The third-order valence-electron chi connectivity index (χ3n) is 8.19. The summed E-state index contributed by atoms with van der Waals surface area (Å²) in [5.74, 6) is 0.993. The zero-order valence-electron chi connectivity index (χ0n) is 21.5. The Morgan fingerprint density at radius 1 is 0.794 bits per heavy atom. The molecule has 1 aromatic carbocycles. The van der Waals surface area contributed by atoms with E-state index < -0.39 is 13.5 Å². The Hall–Kier alpha value is 0.523. The first-order valence-electron chi connectivity index (χ1n) is 13.8. The first kappa shape index (κ1) is 29.1. The minimum absolute atomic E-state index is 0.0465. The van der Waals surface area contributed by atoms with Crippen molar-refractivity contribution in [1.29, 1.82) is 0 Å². The molecule has 0 unspecified atom stereocenters. The van der Waals surface area contributed by atoms with E-state index in [-0.39, 0.29) is 14.0 Å². The molecular weight excluding hydrogens is 567 g/mol. The van der Waals surface area contributed by atoms with Crippen molar-refractivity contribution in [2.75, 3.05) is 0 Å². The zero-order valence-corrected chi connectivity index (χ0v) is 25.8. The topological polar surface area (TPSA) is 2.70 Å². The molecule has 0 radical (unpaired) electrons. The van der Waals surface area contributed by atoms with E-state index in [0.29, 0.717) is 0 Å². The van der Waals surface area contributed by atoms with Gasteiger partial charge in [0, 0.05) is 7.92 Å². The van der Waals surface area contributed by atoms with E-state index in [2.05, 4.69) is 25.3 Å². The maximum atomic E-state index is 5.87. The van der Waals surface area contributed by atoms with E-state index in [9.17, 15) is 0 Å². The van der Waals surface area contributed by atoms with E-state index >= 15 is 0 Å². The molecule has 0 heterocycles. The SMILES string of the molecule is C1CCC([PH+](C2CCCCC2)C2CCCCC2)CC1.[CH2-][O+](c1ccccc1[CH]=[Ru]([Cl])[Cl])C(C)C. The molecule has 0 aromatic heterocycles. The summed E-state index contributed by atoms with van der Waals surface area (Å²) in [5, 5.41) is 0. The summed E-state index contributed by atoms with van der Waals surface area (Å²) in [6.45, 7) is 4.12. The molecule has 0 spiro atoms. The van der Waals surface area contributed by atoms with Gasteiger partial charge in [0.2, 0.25) is 0 Å². The fourth-order valence-electron chi connectivity index (χ4n) is 6.45. The van der Waals surface area contributed by atoms with Crippen LogP contribution >= 0.6 is 27.3 Å². The van der Waals surface area contributed by atoms with Gasteiger partial charge in [0.1, 0.15) is 0 Å². The minimum atomic E-state index is -1.79. The molecule has 0 N–H and O–H groups in total. The number of rotatable bonds is 6. The van der Waals surface area contributed by atoms with Crippen molar-refractivity contribution in [3.05, 3.63) is 36.9 Å². The van der Waals surface area contributed by atoms with Gasteiger partial charge in [0.15, 0.2) is 0 Å². The summed E-state index contributed by atoms with van der Waals surface area (Å²) in [6.07, 6.45) is 24.1. The van der Waals surface area contributed by atoms with Gasteiger partial charge in [-0.15, -0.1) is 0 Å². The third kappa shape index (κ3) is 9.12. The van der Waals surface area contributed by atoms with Crippen LogP contribution in [0.25, 0.3) is 0 Å². The molecule has 3 saturated carbocycles. The molecular formula is C29H48Cl2OPRu+. The molecule has 1 nitrogen and oxygen atoms in total. The number of halogens is 2. The predicted octanol–water partition coefficient (Wildman–Crippen LogP) is 10.4. The fraction of sp³-hybridized carbons (Fsp3) is 0.724. The Bertz CT molecular complexity index is 691. The zero-order chi connectivity index (χ0) is 24.3. The molecule has 0 saturated heterocycles. The molecule has 3 aliphatic rings. The molecule has 4 rings (SSSR count). The van der Waals surface area contributed by atoms with E-state index in [1.807, 2.05) is 28.9 Å². The molecule has 3 aliphatic carbocycles. The molecule has 5 heteroatoms. The van der Waals surface area contributed by atoms with Crippen LogP contribution in [0.5, 0.6) is 5.75 Å². The van der Waals surface area contributed by atoms with Crippen molar-refractivity contribution >= 4 is 31.9 Å². The Kier molecular flexibility index (Phi) is 13.4. The Labute approximate surface area is 224 Å². The standard InChI is InChI=1S/C18H33P.C11H14O.2ClH.Ru/c1-4-10-16(11-5-1)19(17-12-6-2-7-13-17)18-14-8-3-9-15-18;1-9(2)12(4)11-8-6-5-7-10(11)3;;;/h16-18H,1-15H2;3,5-9H,4H2,1-2H3;2*1H;/q;;;;+2/p-1. The van der Waals surface area contributed by atoms with E-state index in [1.165, 1.54) is 17.0 Å². The number of benzene rings is 1.